The lowest BCUT2D eigenvalue weighted by atomic mass is 10.1. The molecule has 0 atom stereocenters. The van der Waals surface area contributed by atoms with Gasteiger partial charge >= 0.3 is 0 Å². The highest BCUT2D eigenvalue weighted by Crippen LogP contribution is 2.30. The van der Waals surface area contributed by atoms with Gasteiger partial charge in [-0.25, -0.2) is 0 Å². The van der Waals surface area contributed by atoms with Gasteiger partial charge in [0.2, 0.25) is 0 Å². The van der Waals surface area contributed by atoms with Crippen LogP contribution in [0.15, 0.2) is 22.7 Å². The van der Waals surface area contributed by atoms with Crippen LogP contribution < -0.4 is 0 Å². The van der Waals surface area contributed by atoms with Gasteiger partial charge in [0.25, 0.3) is 0 Å². The van der Waals surface area contributed by atoms with Crippen LogP contribution in [0.4, 0.5) is 0 Å². The highest BCUT2D eigenvalue weighted by molar-refractivity contribution is 9.10. The average Bonchev–Trinajstić information content (AvgIpc) is 2.65. The maximum absolute atomic E-state index is 11.9. The lowest BCUT2D eigenvalue weighted by molar-refractivity contribution is 0.102. The van der Waals surface area contributed by atoms with Gasteiger partial charge in [0.1, 0.15) is 0 Å². The summed E-state index contributed by atoms with van der Waals surface area (Å²) in [6, 6.07) is 6.14. The van der Waals surface area contributed by atoms with Gasteiger partial charge in [-0.3, -0.25) is 4.79 Å². The zero-order chi connectivity index (χ0) is 15.0. The Balaban J connectivity index is 2.71. The van der Waals surface area contributed by atoms with E-state index >= 15 is 0 Å². The number of alkyl halides is 1. The van der Waals surface area contributed by atoms with Gasteiger partial charge in [0, 0.05) is 21.4 Å². The molecule has 0 aliphatic carbocycles. The number of carbonyl (C=O) groups excluding carboxylic acids is 1. The van der Waals surface area contributed by atoms with Crippen molar-refractivity contribution in [2.75, 3.05) is 5.88 Å². The molecule has 4 heteroatoms. The number of hydrogen-bond acceptors (Lipinski definition) is 1. The topological polar surface area (TPSA) is 22.0 Å². The Morgan fingerprint density at radius 1 is 1.20 bits per heavy atom. The van der Waals surface area contributed by atoms with Crippen molar-refractivity contribution in [3.8, 4) is 5.69 Å². The fourth-order valence-electron chi connectivity index (χ4n) is 2.65. The van der Waals surface area contributed by atoms with E-state index < -0.39 is 0 Å². The third kappa shape index (κ3) is 2.57. The fraction of sp³-hybridized carbons (Fsp3) is 0.312. The van der Waals surface area contributed by atoms with Crippen LogP contribution >= 0.6 is 27.5 Å². The van der Waals surface area contributed by atoms with E-state index in [1.165, 1.54) is 11.1 Å². The first kappa shape index (κ1) is 15.3. The van der Waals surface area contributed by atoms with E-state index in [2.05, 4.69) is 46.5 Å². The summed E-state index contributed by atoms with van der Waals surface area (Å²) >= 11 is 9.32. The summed E-state index contributed by atoms with van der Waals surface area (Å²) in [7, 11) is 0. The molecule has 0 saturated carbocycles. The lowest BCUT2D eigenvalue weighted by Gasteiger charge is -2.16. The number of aryl methyl sites for hydroxylation is 3. The molecule has 0 radical (unpaired) electrons. The van der Waals surface area contributed by atoms with Crippen LogP contribution in [0.5, 0.6) is 0 Å². The molecule has 0 amide bonds. The second kappa shape index (κ2) is 5.74. The molecule has 0 fully saturated rings. The zero-order valence-corrected chi connectivity index (χ0v) is 14.4. The molecule has 0 aliphatic heterocycles. The SMILES string of the molecule is Cc1cc(C)c(-n2c(C)cc(C(=O)CCl)c2C)c(Br)c1. The number of benzene rings is 1. The molecule has 2 aromatic rings. The number of carbonyl (C=O) groups is 1. The minimum absolute atomic E-state index is 0.0122. The van der Waals surface area contributed by atoms with Crippen molar-refractivity contribution in [3.05, 3.63) is 50.8 Å². The normalized spacial score (nSPS) is 10.9. The summed E-state index contributed by atoms with van der Waals surface area (Å²) in [5.74, 6) is -0.0230. The Kier molecular flexibility index (Phi) is 4.40. The monoisotopic (exact) mass is 353 g/mol. The van der Waals surface area contributed by atoms with E-state index in [-0.39, 0.29) is 11.7 Å². The van der Waals surface area contributed by atoms with Gasteiger partial charge in [-0.1, -0.05) is 6.07 Å². The van der Waals surface area contributed by atoms with Crippen molar-refractivity contribution in [3.63, 3.8) is 0 Å². The Morgan fingerprint density at radius 3 is 2.40 bits per heavy atom. The maximum Gasteiger partial charge on any atom is 0.179 e. The molecule has 0 N–H and O–H groups in total. The summed E-state index contributed by atoms with van der Waals surface area (Å²) in [6.07, 6.45) is 0. The average molecular weight is 355 g/mol. The number of nitrogens with zero attached hydrogens (tertiary/aromatic N) is 1. The summed E-state index contributed by atoms with van der Waals surface area (Å²) in [5.41, 5.74) is 6.12. The smallest absolute Gasteiger partial charge is 0.179 e. The van der Waals surface area contributed by atoms with Crippen molar-refractivity contribution >= 4 is 33.3 Å². The largest absolute Gasteiger partial charge is 0.316 e. The van der Waals surface area contributed by atoms with E-state index in [9.17, 15) is 4.79 Å². The lowest BCUT2D eigenvalue weighted by Crippen LogP contribution is -2.06. The number of ketones is 1. The molecule has 106 valence electrons. The molecule has 1 heterocycles. The van der Waals surface area contributed by atoms with Crippen molar-refractivity contribution in [2.24, 2.45) is 0 Å². The fourth-order valence-corrected chi connectivity index (χ4v) is 3.65. The summed E-state index contributed by atoms with van der Waals surface area (Å²) in [6.45, 7) is 8.11. The predicted molar refractivity (Wildman–Crippen MR) is 87.5 cm³/mol. The molecule has 1 aromatic carbocycles. The van der Waals surface area contributed by atoms with Crippen LogP contribution in [0.25, 0.3) is 5.69 Å². The number of halogens is 2. The number of Topliss-reactive ketones (excluding diaryl/α,β-unsaturated/α-hetero) is 1. The Labute approximate surface area is 132 Å². The quantitative estimate of drug-likeness (QED) is 0.568. The van der Waals surface area contributed by atoms with Crippen molar-refractivity contribution in [1.29, 1.82) is 0 Å². The van der Waals surface area contributed by atoms with Crippen LogP contribution in [0, 0.1) is 27.7 Å². The van der Waals surface area contributed by atoms with Crippen LogP contribution in [-0.2, 0) is 0 Å². The van der Waals surface area contributed by atoms with E-state index in [4.69, 9.17) is 11.6 Å². The van der Waals surface area contributed by atoms with Crippen molar-refractivity contribution in [2.45, 2.75) is 27.7 Å². The summed E-state index contributed by atoms with van der Waals surface area (Å²) < 4.78 is 3.14. The molecule has 0 saturated heterocycles. The van der Waals surface area contributed by atoms with Crippen LogP contribution in [0.1, 0.15) is 32.9 Å². The van der Waals surface area contributed by atoms with Crippen molar-refractivity contribution < 1.29 is 4.79 Å². The van der Waals surface area contributed by atoms with Crippen LogP contribution in [0.3, 0.4) is 0 Å². The van der Waals surface area contributed by atoms with Gasteiger partial charge in [-0.2, -0.15) is 0 Å². The van der Waals surface area contributed by atoms with Gasteiger partial charge in [0.05, 0.1) is 11.6 Å². The molecule has 2 rings (SSSR count). The Morgan fingerprint density at radius 2 is 1.85 bits per heavy atom. The Bertz CT molecular complexity index is 665. The minimum atomic E-state index is -0.0353. The van der Waals surface area contributed by atoms with Crippen LogP contribution in [-0.4, -0.2) is 16.2 Å². The molecule has 20 heavy (non-hydrogen) atoms. The van der Waals surface area contributed by atoms with Gasteiger partial charge in [0.15, 0.2) is 5.78 Å². The maximum atomic E-state index is 11.9. The molecular formula is C16H17BrClNO. The standard InChI is InChI=1S/C16H17BrClNO/c1-9-5-10(2)16(14(17)6-9)19-11(3)7-13(12(19)4)15(20)8-18/h5-7H,8H2,1-4H3. The van der Waals surface area contributed by atoms with E-state index in [0.717, 1.165) is 21.5 Å². The molecule has 0 aliphatic rings. The molecule has 0 bridgehead atoms. The molecular weight excluding hydrogens is 338 g/mol. The summed E-state index contributed by atoms with van der Waals surface area (Å²) in [5, 5.41) is 0. The summed E-state index contributed by atoms with van der Waals surface area (Å²) in [4.78, 5) is 11.9. The second-order valence-corrected chi connectivity index (χ2v) is 6.21. The third-order valence-electron chi connectivity index (χ3n) is 3.47. The van der Waals surface area contributed by atoms with E-state index in [1.807, 2.05) is 19.9 Å². The van der Waals surface area contributed by atoms with Gasteiger partial charge in [-0.15, -0.1) is 11.6 Å². The molecule has 0 spiro atoms. The third-order valence-corrected chi connectivity index (χ3v) is 4.32. The van der Waals surface area contributed by atoms with Crippen LogP contribution in [0.2, 0.25) is 0 Å². The van der Waals surface area contributed by atoms with E-state index in [0.29, 0.717) is 5.56 Å². The molecule has 2 nitrogen and oxygen atoms in total. The first-order valence-electron chi connectivity index (χ1n) is 6.42. The number of rotatable bonds is 3. The van der Waals surface area contributed by atoms with Gasteiger partial charge < -0.3 is 4.57 Å². The highest BCUT2D eigenvalue weighted by Gasteiger charge is 2.18. The first-order valence-corrected chi connectivity index (χ1v) is 7.74. The number of aromatic nitrogens is 1. The number of hydrogen-bond donors (Lipinski definition) is 0. The molecule has 0 unspecified atom stereocenters. The molecule has 1 aromatic heterocycles. The Hall–Kier alpha value is -1.06. The minimum Gasteiger partial charge on any atom is -0.316 e. The predicted octanol–water partition coefficient (Wildman–Crippen LogP) is 4.89. The van der Waals surface area contributed by atoms with Gasteiger partial charge in [-0.05, 0) is 66.9 Å². The highest BCUT2D eigenvalue weighted by atomic mass is 79.9. The first-order chi connectivity index (χ1) is 9.36. The zero-order valence-electron chi connectivity index (χ0n) is 12.1. The second-order valence-electron chi connectivity index (χ2n) is 5.09. The van der Waals surface area contributed by atoms with Crippen molar-refractivity contribution in [1.82, 2.24) is 4.57 Å². The van der Waals surface area contributed by atoms with E-state index in [1.54, 1.807) is 0 Å².